The first-order valence-electron chi connectivity index (χ1n) is 9.93. The number of methoxy groups -OCH3 is 3. The minimum atomic E-state index is -4.94. The maximum absolute atomic E-state index is 8.49. The number of rotatable bonds is 5. The van der Waals surface area contributed by atoms with Gasteiger partial charge >= 0.3 is 0 Å². The van der Waals surface area contributed by atoms with Gasteiger partial charge in [0, 0.05) is 17.7 Å². The summed E-state index contributed by atoms with van der Waals surface area (Å²) in [6.45, 7) is 0. The lowest BCUT2D eigenvalue weighted by molar-refractivity contribution is -2.00. The number of hydrogen-bond acceptors (Lipinski definition) is 8. The molecule has 0 saturated carbocycles. The summed E-state index contributed by atoms with van der Waals surface area (Å²) in [5.74, 6) is 2.75. The summed E-state index contributed by atoms with van der Waals surface area (Å²) >= 11 is 6.42. The normalized spacial score (nSPS) is 11.6. The second kappa shape index (κ2) is 11.4. The van der Waals surface area contributed by atoms with Crippen LogP contribution in [0.5, 0.6) is 17.2 Å². The third-order valence-electron chi connectivity index (χ3n) is 4.79. The van der Waals surface area contributed by atoms with Crippen molar-refractivity contribution in [2.24, 2.45) is 0 Å². The molecule has 4 rings (SSSR count). The van der Waals surface area contributed by atoms with Crippen molar-refractivity contribution >= 4 is 28.3 Å². The van der Waals surface area contributed by atoms with Crippen molar-refractivity contribution in [3.8, 4) is 28.6 Å². The minimum absolute atomic E-state index is 0.613. The Labute approximate surface area is 207 Å². The molecule has 184 valence electrons. The molecule has 1 heterocycles. The molecule has 1 N–H and O–H groups in total. The van der Waals surface area contributed by atoms with Gasteiger partial charge in [0.15, 0.2) is 5.75 Å². The fraction of sp³-hybridized carbons (Fsp3) is 0.125. The first-order valence-corrected chi connectivity index (χ1v) is 11.5. The van der Waals surface area contributed by atoms with E-state index in [9.17, 15) is 0 Å². The highest BCUT2D eigenvalue weighted by molar-refractivity contribution is 6.33. The molecule has 3 aromatic carbocycles. The van der Waals surface area contributed by atoms with Gasteiger partial charge in [0.1, 0.15) is 22.8 Å². The zero-order valence-electron chi connectivity index (χ0n) is 18.9. The van der Waals surface area contributed by atoms with Crippen LogP contribution in [0, 0.1) is 10.2 Å². The van der Waals surface area contributed by atoms with Crippen LogP contribution in [0.25, 0.3) is 22.3 Å². The Kier molecular flexibility index (Phi) is 8.57. The molecule has 0 radical (unpaired) electrons. The molecule has 35 heavy (non-hydrogen) atoms. The first-order chi connectivity index (χ1) is 16.6. The average molecular weight is 522 g/mol. The molecule has 9 nitrogen and oxygen atoms in total. The molecule has 4 aromatic rings. The molecule has 0 aliphatic heterocycles. The highest BCUT2D eigenvalue weighted by atomic mass is 35.7. The van der Waals surface area contributed by atoms with Crippen molar-refractivity contribution in [3.63, 3.8) is 0 Å². The predicted octanol–water partition coefficient (Wildman–Crippen LogP) is -0.664. The molecule has 0 amide bonds. The lowest BCUT2D eigenvalue weighted by atomic mass is 10.1. The maximum atomic E-state index is 8.49. The molecule has 1 aromatic heterocycles. The molecule has 0 aliphatic carbocycles. The summed E-state index contributed by atoms with van der Waals surface area (Å²) in [6, 6.07) is 20.8. The van der Waals surface area contributed by atoms with Crippen LogP contribution >= 0.6 is 11.6 Å². The molecular formula is C24H21Cl2NO8. The molecule has 0 atom stereocenters. The number of benzene rings is 3. The summed E-state index contributed by atoms with van der Waals surface area (Å²) in [7, 11) is -0.0666. The van der Waals surface area contributed by atoms with Crippen molar-refractivity contribution in [1.29, 1.82) is 0 Å². The SMILES string of the molecule is COc1ccc([NH+]=c2cc(-c3ccccc3Cl)oc3ccc(OC)cc23)c(OC)c1.[O-][Cl+3]([O-])([O-])[O-]. The number of fused-ring (bicyclic) bond motifs is 1. The Morgan fingerprint density at radius 3 is 2.06 bits per heavy atom. The van der Waals surface area contributed by atoms with Gasteiger partial charge in [-0.25, -0.2) is 23.6 Å². The fourth-order valence-electron chi connectivity index (χ4n) is 3.24. The standard InChI is InChI=1S/C24H20ClNO4.ClHO4/c1-27-15-9-11-22-18(12-15)21(14-23(30-22)17-6-4-5-7-19(17)25)26-20-10-8-16(28-2)13-24(20)29-3;2-1(3,4)5/h4-14H,1-3H3;(H,2,3,4,5). The quantitative estimate of drug-likeness (QED) is 0.363. The number of halogens is 2. The number of ether oxygens (including phenoxy) is 3. The van der Waals surface area contributed by atoms with Gasteiger partial charge in [0.25, 0.3) is 0 Å². The minimum Gasteiger partial charge on any atom is -0.497 e. The zero-order valence-corrected chi connectivity index (χ0v) is 20.4. The van der Waals surface area contributed by atoms with E-state index in [0.717, 1.165) is 27.7 Å². The topological polar surface area (TPSA) is 147 Å². The van der Waals surface area contributed by atoms with Crippen LogP contribution in [0.3, 0.4) is 0 Å². The lowest BCUT2D eigenvalue weighted by Crippen LogP contribution is -2.70. The van der Waals surface area contributed by atoms with Crippen LogP contribution in [0.2, 0.25) is 5.02 Å². The van der Waals surface area contributed by atoms with Crippen molar-refractivity contribution in [2.45, 2.75) is 0 Å². The van der Waals surface area contributed by atoms with Crippen molar-refractivity contribution in [2.75, 3.05) is 21.3 Å². The van der Waals surface area contributed by atoms with Crippen LogP contribution < -0.4 is 43.2 Å². The largest absolute Gasteiger partial charge is 0.497 e. The van der Waals surface area contributed by atoms with Gasteiger partial charge in [0.05, 0.1) is 37.8 Å². The Hall–Kier alpha value is -3.31. The molecule has 0 aliphatic rings. The summed E-state index contributed by atoms with van der Waals surface area (Å²) in [6.07, 6.45) is 0. The Bertz CT molecular complexity index is 1380. The van der Waals surface area contributed by atoms with E-state index in [4.69, 9.17) is 48.9 Å². The average Bonchev–Trinajstić information content (AvgIpc) is 2.83. The summed E-state index contributed by atoms with van der Waals surface area (Å²) < 4.78 is 56.4. The molecule has 0 spiro atoms. The third-order valence-corrected chi connectivity index (χ3v) is 5.12. The van der Waals surface area contributed by atoms with E-state index in [1.807, 2.05) is 66.7 Å². The van der Waals surface area contributed by atoms with Crippen LogP contribution in [-0.4, -0.2) is 21.3 Å². The lowest BCUT2D eigenvalue weighted by Gasteiger charge is -2.17. The van der Waals surface area contributed by atoms with Gasteiger partial charge in [-0.2, -0.15) is 0 Å². The second-order valence-corrected chi connectivity index (χ2v) is 8.10. The Morgan fingerprint density at radius 2 is 1.43 bits per heavy atom. The molecule has 0 unspecified atom stereocenters. The van der Waals surface area contributed by atoms with Gasteiger partial charge in [-0.15, -0.1) is 10.2 Å². The molecule has 0 saturated heterocycles. The van der Waals surface area contributed by atoms with E-state index in [-0.39, 0.29) is 0 Å². The van der Waals surface area contributed by atoms with E-state index in [1.54, 1.807) is 21.3 Å². The van der Waals surface area contributed by atoms with Gasteiger partial charge in [-0.05, 0) is 36.4 Å². The molecule has 0 fully saturated rings. The van der Waals surface area contributed by atoms with E-state index in [1.165, 1.54) is 0 Å². The number of nitrogens with one attached hydrogen (secondary N) is 1. The molecular weight excluding hydrogens is 501 g/mol. The van der Waals surface area contributed by atoms with Gasteiger partial charge in [-0.3, -0.25) is 0 Å². The Morgan fingerprint density at radius 1 is 0.800 bits per heavy atom. The van der Waals surface area contributed by atoms with Crippen LogP contribution in [0.4, 0.5) is 5.69 Å². The highest BCUT2D eigenvalue weighted by Crippen LogP contribution is 2.29. The summed E-state index contributed by atoms with van der Waals surface area (Å²) in [5, 5.41) is 2.30. The van der Waals surface area contributed by atoms with Crippen molar-refractivity contribution in [3.05, 3.63) is 77.1 Å². The summed E-state index contributed by atoms with van der Waals surface area (Å²) in [4.78, 5) is 3.46. The fourth-order valence-corrected chi connectivity index (χ4v) is 3.47. The van der Waals surface area contributed by atoms with E-state index in [2.05, 4.69) is 4.99 Å². The monoisotopic (exact) mass is 521 g/mol. The molecule has 11 heteroatoms. The van der Waals surface area contributed by atoms with Crippen LogP contribution in [0.1, 0.15) is 0 Å². The van der Waals surface area contributed by atoms with Gasteiger partial charge < -0.3 is 18.6 Å². The molecule has 0 bridgehead atoms. The van der Waals surface area contributed by atoms with Crippen LogP contribution in [-0.2, 0) is 0 Å². The third kappa shape index (κ3) is 7.09. The van der Waals surface area contributed by atoms with E-state index < -0.39 is 10.2 Å². The smallest absolute Gasteiger partial charge is 0.246 e. The van der Waals surface area contributed by atoms with Gasteiger partial charge in [0.2, 0.25) is 11.0 Å². The summed E-state index contributed by atoms with van der Waals surface area (Å²) in [5.41, 5.74) is 2.29. The van der Waals surface area contributed by atoms with E-state index >= 15 is 0 Å². The van der Waals surface area contributed by atoms with Gasteiger partial charge in [-0.1, -0.05) is 23.7 Å². The number of hydrogen-bond donors (Lipinski definition) is 1. The highest BCUT2D eigenvalue weighted by Gasteiger charge is 2.15. The first kappa shape index (κ1) is 26.3. The predicted molar refractivity (Wildman–Crippen MR) is 117 cm³/mol. The van der Waals surface area contributed by atoms with Crippen molar-refractivity contribution < 1.29 is 52.5 Å². The maximum Gasteiger partial charge on any atom is 0.246 e. The Balaban J connectivity index is 0.000000623. The van der Waals surface area contributed by atoms with Crippen LogP contribution in [0.15, 0.2) is 71.1 Å². The van der Waals surface area contributed by atoms with E-state index in [0.29, 0.717) is 27.9 Å². The zero-order chi connectivity index (χ0) is 25.6. The second-order valence-electron chi connectivity index (χ2n) is 6.94. The van der Waals surface area contributed by atoms with Crippen molar-refractivity contribution in [1.82, 2.24) is 0 Å².